The largest absolute Gasteiger partial charge is 0.573 e. The van der Waals surface area contributed by atoms with Gasteiger partial charge in [0.1, 0.15) is 84.3 Å². The number of β-amino-alcohol motifs (C(OH)–C–C–N with tert-alkyl or cyclic N) is 5. The molecule has 0 radical (unpaired) electrons. The average Bonchev–Trinajstić information content (AvgIpc) is 0.788. The molecular weight excluding hydrogens is 1560 g/mol. The summed E-state index contributed by atoms with van der Waals surface area (Å²) in [7, 11) is 0. The van der Waals surface area contributed by atoms with Crippen LogP contribution < -0.4 is 14.2 Å². The Morgan fingerprint density at radius 1 is 0.353 bits per heavy atom. The highest BCUT2D eigenvalue weighted by atomic mass is 19.4. The van der Waals surface area contributed by atoms with E-state index < -0.39 is 177 Å². The molecule has 38 heteroatoms. The number of aliphatic hydroxyl groups excluding tert-OH is 20. The Kier molecular flexibility index (Phi) is 39.1. The molecule has 0 amide bonds. The number of piperidine rings is 5. The molecule has 0 saturated carbocycles. The van der Waals surface area contributed by atoms with Crippen molar-refractivity contribution in [3.63, 3.8) is 0 Å². The predicted octanol–water partition coefficient (Wildman–Crippen LogP) is 0.478. The molecule has 5 aromatic carbocycles. The molecule has 0 aliphatic carbocycles. The van der Waals surface area contributed by atoms with Gasteiger partial charge in [0, 0.05) is 58.9 Å². The first kappa shape index (κ1) is 98.2. The molecule has 5 saturated heterocycles. The van der Waals surface area contributed by atoms with Crippen LogP contribution >= 0.6 is 0 Å². The monoisotopic (exact) mass is 1670 g/mol. The topological polar surface area (TPSA) is 472 Å². The summed E-state index contributed by atoms with van der Waals surface area (Å²) >= 11 is 0. The molecule has 29 nitrogen and oxygen atoms in total. The third-order valence-electron chi connectivity index (χ3n) is 20.6. The van der Waals surface area contributed by atoms with Gasteiger partial charge in [-0.25, -0.2) is 0 Å². The van der Waals surface area contributed by atoms with Crippen molar-refractivity contribution in [3.8, 4) is 23.3 Å². The zero-order valence-corrected chi connectivity index (χ0v) is 63.8. The molecule has 1 unspecified atom stereocenters. The normalized spacial score (nSPS) is 29.3. The van der Waals surface area contributed by atoms with Crippen LogP contribution in [-0.4, -0.2) is 334 Å². The van der Waals surface area contributed by atoms with Gasteiger partial charge in [0.2, 0.25) is 0 Å². The van der Waals surface area contributed by atoms with E-state index in [2.05, 4.69) is 18.6 Å². The van der Waals surface area contributed by atoms with E-state index in [1.807, 2.05) is 54.6 Å². The van der Waals surface area contributed by atoms with E-state index in [1.54, 1.807) is 14.7 Å². The summed E-state index contributed by atoms with van der Waals surface area (Å²) in [4.78, 5) is 7.94. The highest BCUT2D eigenvalue weighted by Crippen LogP contribution is 2.36. The fourth-order valence-electron chi connectivity index (χ4n) is 13.8. The molecule has 5 aliphatic heterocycles. The molecule has 0 bridgehead atoms. The van der Waals surface area contributed by atoms with Crippen LogP contribution in [0.3, 0.4) is 0 Å². The molecule has 5 fully saturated rings. The minimum atomic E-state index is -4.76. The Bertz CT molecular complexity index is 3650. The van der Waals surface area contributed by atoms with Crippen molar-refractivity contribution in [2.75, 3.05) is 79.0 Å². The maximum Gasteiger partial charge on any atom is 0.573 e. The summed E-state index contributed by atoms with van der Waals surface area (Å²) < 4.78 is 127. The second-order valence-electron chi connectivity index (χ2n) is 29.0. The molecule has 5 aliphatic rings. The minimum absolute atomic E-state index is 0.00444. The lowest BCUT2D eigenvalue weighted by atomic mass is 9.91. The highest BCUT2D eigenvalue weighted by molar-refractivity contribution is 5.32. The van der Waals surface area contributed by atoms with Crippen LogP contribution in [0.5, 0.6) is 17.2 Å². The SMILES string of the molecule is CCCCCOc1ccc(CN2C[C@H](O)[C@@H](O)[C@H](O)[C@H]2CO)cc1.CCCCOc1ccc(CN2C[C@H](O)[C@@H](O)[C@H](O)[C@H]2CO)cc1.N#CC(c1ccc(C(F)(F)F)cc1)N1C[C@H](O)[C@@H](O)[C@H](O)[C@H]1CO.OC[C@@H]1[C@@H](O)[C@H](O)[C@@H](O)CN1Cc1ccc(C(F)(F)F)cc1.OC[C@@H]1[C@@H](O)[C@H](O)[C@@H](O)CN1Cc1ccc(OC(F)(F)F)cc1. The Labute approximate surface area is 664 Å². The van der Waals surface area contributed by atoms with Crippen LogP contribution in [0.4, 0.5) is 39.5 Å². The lowest BCUT2D eigenvalue weighted by molar-refractivity contribution is -0.274. The number of nitriles is 1. The van der Waals surface area contributed by atoms with E-state index in [9.17, 15) is 147 Å². The summed E-state index contributed by atoms with van der Waals surface area (Å²) in [5.74, 6) is 1.28. The third kappa shape index (κ3) is 28.2. The van der Waals surface area contributed by atoms with Gasteiger partial charge in [-0.05, 0) is 101 Å². The summed E-state index contributed by atoms with van der Waals surface area (Å²) in [6.45, 7) is 5.15. The molecule has 20 N–H and O–H groups in total. The molecule has 0 spiro atoms. The molecule has 0 aromatic heterocycles. The first-order valence-electron chi connectivity index (χ1n) is 37.8. The first-order valence-corrected chi connectivity index (χ1v) is 37.8. The number of benzene rings is 5. The molecule has 652 valence electrons. The van der Waals surface area contributed by atoms with Crippen molar-refractivity contribution in [1.82, 2.24) is 24.5 Å². The van der Waals surface area contributed by atoms with Crippen LogP contribution in [0.1, 0.15) is 90.9 Å². The molecule has 116 heavy (non-hydrogen) atoms. The van der Waals surface area contributed by atoms with E-state index >= 15 is 0 Å². The van der Waals surface area contributed by atoms with E-state index in [4.69, 9.17) is 9.47 Å². The lowest BCUT2D eigenvalue weighted by Crippen LogP contribution is -2.62. The van der Waals surface area contributed by atoms with E-state index in [-0.39, 0.29) is 70.3 Å². The zero-order chi connectivity index (χ0) is 86.1. The van der Waals surface area contributed by atoms with Crippen molar-refractivity contribution in [2.45, 2.75) is 219 Å². The third-order valence-corrected chi connectivity index (χ3v) is 20.6. The summed E-state index contributed by atoms with van der Waals surface area (Å²) in [5.41, 5.74) is 1.72. The average molecular weight is 1670 g/mol. The number of alkyl halides is 9. The maximum absolute atomic E-state index is 12.6. The number of hydrogen-bond donors (Lipinski definition) is 20. The zero-order valence-electron chi connectivity index (χ0n) is 63.8. The number of ether oxygens (including phenoxy) is 3. The second-order valence-corrected chi connectivity index (χ2v) is 29.0. The predicted molar refractivity (Wildman–Crippen MR) is 395 cm³/mol. The van der Waals surface area contributed by atoms with Crippen LogP contribution in [0.2, 0.25) is 0 Å². The van der Waals surface area contributed by atoms with E-state index in [0.29, 0.717) is 37.4 Å². The van der Waals surface area contributed by atoms with Gasteiger partial charge in [0.25, 0.3) is 0 Å². The number of halogens is 9. The smallest absolute Gasteiger partial charge is 0.494 e. The number of nitrogens with zero attached hydrogens (tertiary/aromatic N) is 6. The van der Waals surface area contributed by atoms with Crippen molar-refractivity contribution in [2.24, 2.45) is 0 Å². The van der Waals surface area contributed by atoms with Gasteiger partial charge >= 0.3 is 18.7 Å². The minimum Gasteiger partial charge on any atom is -0.494 e. The van der Waals surface area contributed by atoms with Crippen LogP contribution in [-0.2, 0) is 38.5 Å². The summed E-state index contributed by atoms with van der Waals surface area (Å²) in [6.07, 6.45) is -27.1. The summed E-state index contributed by atoms with van der Waals surface area (Å²) in [5, 5.41) is 203. The van der Waals surface area contributed by atoms with Crippen molar-refractivity contribution in [1.29, 1.82) is 5.26 Å². The number of hydrogen-bond acceptors (Lipinski definition) is 29. The van der Waals surface area contributed by atoms with Gasteiger partial charge < -0.3 is 116 Å². The maximum atomic E-state index is 12.6. The summed E-state index contributed by atoms with van der Waals surface area (Å²) in [6, 6.07) is 25.9. The second kappa shape index (κ2) is 46.2. The molecule has 5 heterocycles. The van der Waals surface area contributed by atoms with Gasteiger partial charge in [-0.1, -0.05) is 93.8 Å². The van der Waals surface area contributed by atoms with Crippen LogP contribution in [0.25, 0.3) is 0 Å². The van der Waals surface area contributed by atoms with Gasteiger partial charge in [-0.2, -0.15) is 31.6 Å². The van der Waals surface area contributed by atoms with E-state index in [0.717, 1.165) is 103 Å². The fraction of sp³-hybridized carbons (Fsp3) is 0.603. The fourth-order valence-corrected chi connectivity index (χ4v) is 13.8. The Morgan fingerprint density at radius 3 is 0.897 bits per heavy atom. The lowest BCUT2D eigenvalue weighted by Gasteiger charge is -2.44. The van der Waals surface area contributed by atoms with Crippen molar-refractivity contribution < 1.29 is 156 Å². The first-order chi connectivity index (χ1) is 54.8. The van der Waals surface area contributed by atoms with Gasteiger partial charge in [0.15, 0.2) is 0 Å². The Morgan fingerprint density at radius 2 is 0.621 bits per heavy atom. The van der Waals surface area contributed by atoms with Gasteiger partial charge in [-0.3, -0.25) is 24.5 Å². The number of unbranched alkanes of at least 4 members (excludes halogenated alkanes) is 3. The number of rotatable bonds is 25. The highest BCUT2D eigenvalue weighted by Gasteiger charge is 2.47. The molecule has 5 aromatic rings. The van der Waals surface area contributed by atoms with Crippen LogP contribution in [0.15, 0.2) is 121 Å². The van der Waals surface area contributed by atoms with Crippen LogP contribution in [0, 0.1) is 11.3 Å². The molecular formula is C78H109F9N6O23. The standard InChI is InChI=1S/C18H29NO5.C17H27NO5.C15H17F3N2O4.C14H18F3NO5.C14H18F3NO4/c1-2-3-4-9-24-14-7-5-13(6-8-14)10-19-11-16(21)18(23)17(22)15(19)12-20;1-2-3-8-23-13-6-4-12(5-7-13)9-18-10-15(20)17(22)16(21)14(18)11-19;16-15(17,18)9-3-1-8(2-4-9)10(5-19)20-6-12(22)14(24)13(23)11(20)7-21;15-14(16,17)23-9-3-1-8(2-4-9)5-18-6-11(20)13(22)12(21)10(18)7-19;15-14(16,17)9-3-1-8(2-4-9)5-18-6-11(20)13(22)12(21)10(18)7-19/h5-8,15-18,20-23H,2-4,9-12H2,1H3;4-7,14-17,19-22H,2-3,8-11H2,1H3;1-4,10-14,21-24H,6-7H2;1-4,10-13,19-22H,5-7H2;1-4,10-13,19-22H,5-7H2/t15-,16+,17-,18-;14-,15+,16-,17-;10?,11-,12+,13-,14-;2*10-,11+,12-,13-/m11111/s1. The Balaban J connectivity index is 0.000000225. The quantitative estimate of drug-likeness (QED) is 0.0279. The molecule has 21 atom stereocenters. The van der Waals surface area contributed by atoms with Gasteiger partial charge in [-0.15, -0.1) is 13.2 Å². The number of aliphatic hydroxyl groups is 20. The van der Waals surface area contributed by atoms with E-state index in [1.165, 1.54) is 34.1 Å². The number of likely N-dealkylation sites (tertiary alicyclic amines) is 5. The van der Waals surface area contributed by atoms with Gasteiger partial charge in [0.05, 0.1) is 124 Å². The van der Waals surface area contributed by atoms with Crippen molar-refractivity contribution >= 4 is 0 Å². The molecule has 10 rings (SSSR count). The Hall–Kier alpha value is -6.64. The van der Waals surface area contributed by atoms with Crippen molar-refractivity contribution in [3.05, 3.63) is 160 Å².